The van der Waals surface area contributed by atoms with Gasteiger partial charge in [0.1, 0.15) is 54.5 Å². The number of primary amides is 2. The fourth-order valence-corrected chi connectivity index (χ4v) is 16.6. The molecule has 0 unspecified atom stereocenters. The number of hydrogen-bond donors (Lipinski definition) is 8. The van der Waals surface area contributed by atoms with E-state index in [9.17, 15) is 19.8 Å². The van der Waals surface area contributed by atoms with Gasteiger partial charge < -0.3 is 85.0 Å². The molecule has 25 nitrogen and oxygen atoms in total. The van der Waals surface area contributed by atoms with E-state index >= 15 is 0 Å². The number of nitrogens with two attached hydrogens (primary N) is 2. The summed E-state index contributed by atoms with van der Waals surface area (Å²) in [7, 11) is -0.322. The van der Waals surface area contributed by atoms with E-state index in [-0.39, 0.29) is 43.2 Å². The maximum Gasteiger partial charge on any atom is 0.494 e. The van der Waals surface area contributed by atoms with Gasteiger partial charge >= 0.3 is 7.12 Å². The van der Waals surface area contributed by atoms with Crippen LogP contribution >= 0.6 is 70.5 Å². The van der Waals surface area contributed by atoms with Crippen LogP contribution in [0, 0.1) is 0 Å². The van der Waals surface area contributed by atoms with E-state index in [1.54, 1.807) is 41.8 Å². The summed E-state index contributed by atoms with van der Waals surface area (Å²) in [5.74, 6) is 3.54. The fourth-order valence-electron chi connectivity index (χ4n) is 13.3. The predicted octanol–water partition coefficient (Wildman–Crippen LogP) is 11.7. The van der Waals surface area contributed by atoms with Crippen molar-refractivity contribution >= 4 is 127 Å². The minimum absolute atomic E-state index is 0.177. The van der Waals surface area contributed by atoms with Crippen molar-refractivity contribution in [2.75, 3.05) is 168 Å². The SMILES string of the molecule is Brc1ccc(OCCN2CCOCC2)cc1.CC1(C)OB(c2ccc(OCCN3CCOCC3)cc2)OC1(C)C.NC(=O)c1cnc(NC2CCC(O)CC2)c2cc(-c3ccc(OCCN4CCOCC4)cc3)sc12.NC(=O)c1cnc(NC2CCC(O)CC2)c2cc(Br)sc12.OCCN1CCOCC1.Oc1ccc(Br)cc1. The topological polar surface area (TPSA) is 313 Å². The van der Waals surface area contributed by atoms with Gasteiger partial charge in [0, 0.05) is 128 Å². The van der Waals surface area contributed by atoms with E-state index in [2.05, 4.69) is 122 Å². The maximum absolute atomic E-state index is 12.1. The highest BCUT2D eigenvalue weighted by Crippen LogP contribution is 2.41. The average Bonchev–Trinajstić information content (AvgIpc) is 1.65. The van der Waals surface area contributed by atoms with Crippen molar-refractivity contribution in [2.45, 2.75) is 115 Å². The number of ether oxygens (including phenoxy) is 7. The van der Waals surface area contributed by atoms with Crippen molar-refractivity contribution in [3.05, 3.63) is 145 Å². The third-order valence-electron chi connectivity index (χ3n) is 20.7. The van der Waals surface area contributed by atoms with Crippen LogP contribution in [0.4, 0.5) is 11.6 Å². The number of β-amino-alcohol motifs (C(OH)–C–C–N with tert-alkyl or cyclic N) is 1. The van der Waals surface area contributed by atoms with E-state index < -0.39 is 11.8 Å². The zero-order valence-electron chi connectivity index (χ0n) is 65.1. The number of phenolic OH excluding ortho intramolecular Hbond substituents is 1. The number of nitrogens with zero attached hydrogens (tertiary/aromatic N) is 6. The Morgan fingerprint density at radius 2 is 0.867 bits per heavy atom. The van der Waals surface area contributed by atoms with Gasteiger partial charge in [0.05, 0.1) is 107 Å². The fraction of sp³-hybridized carbons (Fsp3) is 0.512. The summed E-state index contributed by atoms with van der Waals surface area (Å²) >= 11 is 13.1. The number of anilines is 2. The molecular formula is C82H110BBr3N10O15S2. The average molecular weight is 1790 g/mol. The summed E-state index contributed by atoms with van der Waals surface area (Å²) in [6.07, 6.45) is 9.55. The summed E-state index contributed by atoms with van der Waals surface area (Å²) < 4.78 is 55.4. The van der Waals surface area contributed by atoms with Crippen LogP contribution in [-0.4, -0.2) is 262 Å². The molecule has 4 aromatic carbocycles. The van der Waals surface area contributed by atoms with E-state index in [1.165, 1.54) is 17.5 Å². The monoisotopic (exact) mass is 1790 g/mol. The number of thiophene rings is 2. The first-order chi connectivity index (χ1) is 54.5. The van der Waals surface area contributed by atoms with Crippen LogP contribution in [0.1, 0.15) is 99.8 Å². The summed E-state index contributed by atoms with van der Waals surface area (Å²) in [4.78, 5) is 42.8. The number of fused-ring (bicyclic) bond motifs is 2. The Hall–Kier alpha value is -6.18. The number of rotatable bonds is 22. The smallest absolute Gasteiger partial charge is 0.494 e. The molecule has 4 aromatic heterocycles. The molecule has 113 heavy (non-hydrogen) atoms. The number of morpholine rings is 4. The molecule has 0 spiro atoms. The number of phenols is 1. The standard InChI is InChI=1S/C26H32N4O4S.C18H28BNO4.C14H16BrN3O2S.C12H16BrNO2.C6H5BrO.C6H13NO2/c27-25(32)22-16-28-26(29-18-3-5-19(31)6-4-18)21-15-23(35-24(21)22)17-1-7-20(8-2-17)34-14-11-30-9-12-33-13-10-30;1-17(2)18(3,4)24-19(23-17)15-5-7-16(8-6-15)22-14-11-20-9-12-21-13-10-20;15-11-5-9-12(21-11)10(13(16)20)6-17-14(9)18-7-1-3-8(19)4-2-7;13-11-1-3-12(4-2-11)16-10-7-14-5-8-15-9-6-14;7-5-1-3-6(8)4-2-5;8-4-1-7-2-5-9-6-3-7/h1-2,7-8,15-16,18-19,31H,3-6,9-14H2,(H2,27,32)(H,28,29);5-8H,9-14H2,1-4H3;5-8,19H,1-4H2,(H2,16,20)(H,17,18);1-4H,5-10H2;1-4,8H;8H,1-6H2. The van der Waals surface area contributed by atoms with E-state index in [1.807, 2.05) is 78.9 Å². The summed E-state index contributed by atoms with van der Waals surface area (Å²) in [6.45, 7) is 28.6. The molecule has 5 aliphatic heterocycles. The quantitative estimate of drug-likeness (QED) is 0.0292. The molecule has 0 atom stereocenters. The summed E-state index contributed by atoms with van der Waals surface area (Å²) in [5, 5.41) is 45.4. The Balaban J connectivity index is 0.000000153. The zero-order chi connectivity index (χ0) is 80.1. The highest BCUT2D eigenvalue weighted by atomic mass is 79.9. The number of amides is 2. The molecule has 5 saturated heterocycles. The first kappa shape index (κ1) is 89.2. The Kier molecular flexibility index (Phi) is 35.9. The first-order valence-electron chi connectivity index (χ1n) is 39.0. The van der Waals surface area contributed by atoms with Gasteiger partial charge in [-0.1, -0.05) is 44.0 Å². The molecule has 0 radical (unpaired) electrons. The molecule has 2 saturated carbocycles. The number of aliphatic hydroxyl groups excluding tert-OH is 3. The molecule has 15 rings (SSSR count). The van der Waals surface area contributed by atoms with Crippen LogP contribution in [0.25, 0.3) is 30.6 Å². The second-order valence-corrected chi connectivity index (χ2v) is 34.7. The summed E-state index contributed by atoms with van der Waals surface area (Å²) in [5.41, 5.74) is 13.4. The number of aliphatic hydroxyl groups is 3. The number of pyridine rings is 2. The van der Waals surface area contributed by atoms with Crippen molar-refractivity contribution in [1.82, 2.24) is 29.6 Å². The first-order valence-corrected chi connectivity index (χ1v) is 43.0. The number of halogens is 3. The highest BCUT2D eigenvalue weighted by molar-refractivity contribution is 9.11. The van der Waals surface area contributed by atoms with Gasteiger partial charge in [-0.05, 0) is 203 Å². The third kappa shape index (κ3) is 28.6. The molecule has 2 amide bonds. The highest BCUT2D eigenvalue weighted by Gasteiger charge is 2.51. The Labute approximate surface area is 697 Å². The molecule has 2 aliphatic carbocycles. The number of aromatic nitrogens is 2. The lowest BCUT2D eigenvalue weighted by atomic mass is 9.79. The largest absolute Gasteiger partial charge is 0.508 e. The van der Waals surface area contributed by atoms with Crippen LogP contribution in [0.15, 0.2) is 134 Å². The van der Waals surface area contributed by atoms with E-state index in [0.717, 1.165) is 267 Å². The number of nitrogens with one attached hydrogen (secondary N) is 2. The van der Waals surface area contributed by atoms with Crippen molar-refractivity contribution in [3.63, 3.8) is 0 Å². The molecular weight excluding hydrogens is 1680 g/mol. The van der Waals surface area contributed by atoms with Gasteiger partial charge in [0.15, 0.2) is 0 Å². The lowest BCUT2D eigenvalue weighted by Crippen LogP contribution is -2.41. The molecule has 0 bridgehead atoms. The van der Waals surface area contributed by atoms with E-state index in [4.69, 9.17) is 64.1 Å². The second-order valence-electron chi connectivity index (χ2n) is 29.4. The number of carbonyl (C=O) groups excluding carboxylic acids is 2. The maximum atomic E-state index is 12.1. The number of hydrogen-bond acceptors (Lipinski definition) is 25. The van der Waals surface area contributed by atoms with Crippen molar-refractivity contribution in [3.8, 4) is 33.4 Å². The number of benzene rings is 4. The van der Waals surface area contributed by atoms with Gasteiger partial charge in [-0.2, -0.15) is 0 Å². The number of carbonyl (C=O) groups is 2. The number of aromatic hydroxyl groups is 1. The molecule has 8 aromatic rings. The third-order valence-corrected chi connectivity index (χ3v) is 24.7. The molecule has 7 aliphatic rings. The predicted molar refractivity (Wildman–Crippen MR) is 458 cm³/mol. The zero-order valence-corrected chi connectivity index (χ0v) is 71.5. The molecule has 10 N–H and O–H groups in total. The van der Waals surface area contributed by atoms with Crippen LogP contribution in [0.2, 0.25) is 0 Å². The van der Waals surface area contributed by atoms with E-state index in [0.29, 0.717) is 36.1 Å². The molecule has 9 heterocycles. The lowest BCUT2D eigenvalue weighted by Gasteiger charge is -2.32. The van der Waals surface area contributed by atoms with Crippen molar-refractivity contribution in [1.29, 1.82) is 0 Å². The van der Waals surface area contributed by atoms with Crippen LogP contribution in [0.5, 0.6) is 23.0 Å². The van der Waals surface area contributed by atoms with Crippen LogP contribution in [-0.2, 0) is 28.3 Å². The van der Waals surface area contributed by atoms with Gasteiger partial charge in [-0.3, -0.25) is 29.2 Å². The van der Waals surface area contributed by atoms with Gasteiger partial charge in [0.25, 0.3) is 11.8 Å². The van der Waals surface area contributed by atoms with Gasteiger partial charge in [0.2, 0.25) is 0 Å². The van der Waals surface area contributed by atoms with Crippen molar-refractivity contribution in [2.24, 2.45) is 11.5 Å². The Bertz CT molecular complexity index is 4120. The molecule has 7 fully saturated rings. The molecule has 31 heteroatoms. The van der Waals surface area contributed by atoms with Crippen LogP contribution in [0.3, 0.4) is 0 Å². The van der Waals surface area contributed by atoms with Crippen LogP contribution < -0.4 is 41.8 Å². The lowest BCUT2D eigenvalue weighted by molar-refractivity contribution is 0.00578. The second kappa shape index (κ2) is 45.5. The van der Waals surface area contributed by atoms with Gasteiger partial charge in [-0.15, -0.1) is 22.7 Å². The Morgan fingerprint density at radius 3 is 1.25 bits per heavy atom. The minimum atomic E-state index is -0.479. The molecule has 614 valence electrons. The Morgan fingerprint density at radius 1 is 0.513 bits per heavy atom. The minimum Gasteiger partial charge on any atom is -0.508 e. The van der Waals surface area contributed by atoms with Crippen molar-refractivity contribution < 1.29 is 72.5 Å². The normalized spacial score (nSPS) is 20.6. The van der Waals surface area contributed by atoms with Gasteiger partial charge in [-0.25, -0.2) is 9.97 Å². The summed E-state index contributed by atoms with van der Waals surface area (Å²) in [6, 6.07) is 35.4.